The van der Waals surface area contributed by atoms with Gasteiger partial charge in [0.05, 0.1) is 0 Å². The molecule has 0 aromatic heterocycles. The van der Waals surface area contributed by atoms with E-state index in [0.29, 0.717) is 6.42 Å². The topological polar surface area (TPSA) is 66.4 Å². The third-order valence-electron chi connectivity index (χ3n) is 4.82. The van der Waals surface area contributed by atoms with Crippen LogP contribution in [0.3, 0.4) is 0 Å². The first-order valence-electron chi connectivity index (χ1n) is 8.33. The van der Waals surface area contributed by atoms with Gasteiger partial charge in [0.25, 0.3) is 0 Å². The summed E-state index contributed by atoms with van der Waals surface area (Å²) < 4.78 is 0. The highest BCUT2D eigenvalue weighted by atomic mass is 16.4. The van der Waals surface area contributed by atoms with Gasteiger partial charge in [-0.3, -0.25) is 9.59 Å². The monoisotopic (exact) mass is 317 g/mol. The minimum Gasteiger partial charge on any atom is -0.480 e. The Balaban J connectivity index is 2.29. The van der Waals surface area contributed by atoms with Crippen molar-refractivity contribution in [1.29, 1.82) is 0 Å². The van der Waals surface area contributed by atoms with Gasteiger partial charge < -0.3 is 10.4 Å². The Morgan fingerprint density at radius 3 is 2.35 bits per heavy atom. The van der Waals surface area contributed by atoms with Crippen molar-refractivity contribution in [3.05, 3.63) is 35.9 Å². The van der Waals surface area contributed by atoms with Crippen molar-refractivity contribution in [3.63, 3.8) is 0 Å². The Bertz CT molecular complexity index is 562. The molecule has 0 bridgehead atoms. The molecule has 0 radical (unpaired) electrons. The van der Waals surface area contributed by atoms with Crippen molar-refractivity contribution in [2.24, 2.45) is 11.3 Å². The van der Waals surface area contributed by atoms with Crippen LogP contribution >= 0.6 is 0 Å². The average Bonchev–Trinajstić information content (AvgIpc) is 2.94. The standard InChI is InChI=1S/C19H27NO3/c1-5-13(12-9-7-6-8-10-12)16(21)14-11-15(18(22)23)20-17(14)19(2,3)4/h6-10,13-15,17,20H,5,11H2,1-4H3,(H,22,23)/t13?,14?,15-,17?/m0/s1. The van der Waals surface area contributed by atoms with Crippen LogP contribution in [-0.4, -0.2) is 28.9 Å². The molecule has 4 nitrogen and oxygen atoms in total. The third-order valence-corrected chi connectivity index (χ3v) is 4.82. The molecule has 0 saturated carbocycles. The number of Topliss-reactive ketones (excluding diaryl/α,β-unsaturated/α-hetero) is 1. The van der Waals surface area contributed by atoms with Gasteiger partial charge in [-0.05, 0) is 23.8 Å². The molecule has 1 aliphatic rings. The zero-order valence-electron chi connectivity index (χ0n) is 14.4. The molecule has 1 fully saturated rings. The van der Waals surface area contributed by atoms with Crippen LogP contribution in [0.4, 0.5) is 0 Å². The van der Waals surface area contributed by atoms with Crippen LogP contribution in [-0.2, 0) is 9.59 Å². The molecular formula is C19H27NO3. The Morgan fingerprint density at radius 1 is 1.26 bits per heavy atom. The van der Waals surface area contributed by atoms with Gasteiger partial charge in [0.2, 0.25) is 0 Å². The number of carboxylic acid groups (broad SMARTS) is 1. The van der Waals surface area contributed by atoms with Crippen LogP contribution in [0.2, 0.25) is 0 Å². The molecular weight excluding hydrogens is 290 g/mol. The first kappa shape index (κ1) is 17.7. The molecule has 3 unspecified atom stereocenters. The van der Waals surface area contributed by atoms with E-state index in [1.807, 2.05) is 37.3 Å². The van der Waals surface area contributed by atoms with Crippen molar-refractivity contribution in [2.75, 3.05) is 0 Å². The van der Waals surface area contributed by atoms with Crippen molar-refractivity contribution >= 4 is 11.8 Å². The number of aliphatic carboxylic acids is 1. The molecule has 4 atom stereocenters. The van der Waals surface area contributed by atoms with Gasteiger partial charge in [-0.1, -0.05) is 58.0 Å². The number of nitrogens with one attached hydrogen (secondary N) is 1. The highest BCUT2D eigenvalue weighted by molar-refractivity contribution is 5.90. The third kappa shape index (κ3) is 3.81. The fourth-order valence-electron chi connectivity index (χ4n) is 3.64. The fraction of sp³-hybridized carbons (Fsp3) is 0.579. The van der Waals surface area contributed by atoms with Crippen molar-refractivity contribution in [1.82, 2.24) is 5.32 Å². The van der Waals surface area contributed by atoms with Gasteiger partial charge in [-0.15, -0.1) is 0 Å². The van der Waals surface area contributed by atoms with E-state index in [1.165, 1.54) is 0 Å². The Morgan fingerprint density at radius 2 is 1.87 bits per heavy atom. The molecule has 0 amide bonds. The zero-order valence-corrected chi connectivity index (χ0v) is 14.4. The maximum absolute atomic E-state index is 13.2. The highest BCUT2D eigenvalue weighted by Gasteiger charge is 2.47. The van der Waals surface area contributed by atoms with Crippen LogP contribution in [0.1, 0.15) is 52.0 Å². The summed E-state index contributed by atoms with van der Waals surface area (Å²) in [5.74, 6) is -1.14. The first-order chi connectivity index (χ1) is 10.8. The van der Waals surface area contributed by atoms with Crippen LogP contribution < -0.4 is 5.32 Å². The minimum absolute atomic E-state index is 0.117. The number of carbonyl (C=O) groups excluding carboxylic acids is 1. The Hall–Kier alpha value is -1.68. The summed E-state index contributed by atoms with van der Waals surface area (Å²) in [6.07, 6.45) is 1.10. The Kier molecular flexibility index (Phi) is 5.25. The van der Waals surface area contributed by atoms with E-state index in [0.717, 1.165) is 12.0 Å². The summed E-state index contributed by atoms with van der Waals surface area (Å²) in [7, 11) is 0. The maximum atomic E-state index is 13.2. The van der Waals surface area contributed by atoms with E-state index in [-0.39, 0.29) is 29.1 Å². The summed E-state index contributed by atoms with van der Waals surface area (Å²) in [5, 5.41) is 12.5. The van der Waals surface area contributed by atoms with Crippen LogP contribution in [0, 0.1) is 11.3 Å². The molecule has 126 valence electrons. The number of carboxylic acids is 1. The lowest BCUT2D eigenvalue weighted by atomic mass is 9.74. The van der Waals surface area contributed by atoms with E-state index < -0.39 is 12.0 Å². The van der Waals surface area contributed by atoms with E-state index in [9.17, 15) is 14.7 Å². The van der Waals surface area contributed by atoms with Gasteiger partial charge in [-0.2, -0.15) is 0 Å². The number of ketones is 1. The second-order valence-corrected chi connectivity index (χ2v) is 7.52. The molecule has 23 heavy (non-hydrogen) atoms. The first-order valence-corrected chi connectivity index (χ1v) is 8.33. The van der Waals surface area contributed by atoms with Gasteiger partial charge in [0.1, 0.15) is 11.8 Å². The lowest BCUT2D eigenvalue weighted by Gasteiger charge is -2.33. The molecule has 1 saturated heterocycles. The molecule has 0 aliphatic carbocycles. The van der Waals surface area contributed by atoms with Crippen molar-refractivity contribution < 1.29 is 14.7 Å². The molecule has 1 heterocycles. The van der Waals surface area contributed by atoms with Crippen molar-refractivity contribution in [2.45, 2.75) is 58.5 Å². The van der Waals surface area contributed by atoms with Gasteiger partial charge in [-0.25, -0.2) is 0 Å². The van der Waals surface area contributed by atoms with E-state index in [4.69, 9.17) is 0 Å². The maximum Gasteiger partial charge on any atom is 0.320 e. The lowest BCUT2D eigenvalue weighted by molar-refractivity contribution is -0.139. The molecule has 2 rings (SSSR count). The summed E-state index contributed by atoms with van der Waals surface area (Å²) in [6, 6.07) is 9.04. The Labute approximate surface area is 138 Å². The molecule has 0 spiro atoms. The number of rotatable bonds is 5. The van der Waals surface area contributed by atoms with Crippen LogP contribution in [0.5, 0.6) is 0 Å². The molecule has 2 N–H and O–H groups in total. The number of carbonyl (C=O) groups is 2. The number of hydrogen-bond donors (Lipinski definition) is 2. The predicted octanol–water partition coefficient (Wildman–Crippen LogP) is 3.23. The van der Waals surface area contributed by atoms with Crippen LogP contribution in [0.15, 0.2) is 30.3 Å². The summed E-state index contributed by atoms with van der Waals surface area (Å²) in [6.45, 7) is 8.18. The molecule has 4 heteroatoms. The van der Waals surface area contributed by atoms with Gasteiger partial charge in [0, 0.05) is 17.9 Å². The number of hydrogen-bond acceptors (Lipinski definition) is 3. The minimum atomic E-state index is -0.873. The summed E-state index contributed by atoms with van der Waals surface area (Å²) in [4.78, 5) is 24.5. The van der Waals surface area contributed by atoms with E-state index in [2.05, 4.69) is 26.1 Å². The second-order valence-electron chi connectivity index (χ2n) is 7.52. The fourth-order valence-corrected chi connectivity index (χ4v) is 3.64. The average molecular weight is 317 g/mol. The summed E-state index contributed by atoms with van der Waals surface area (Å²) >= 11 is 0. The smallest absolute Gasteiger partial charge is 0.320 e. The van der Waals surface area contributed by atoms with Gasteiger partial charge in [0.15, 0.2) is 0 Å². The SMILES string of the molecule is CCC(C(=O)C1C[C@@H](C(=O)O)NC1C(C)(C)C)c1ccccc1. The number of benzene rings is 1. The quantitative estimate of drug-likeness (QED) is 0.875. The molecule has 1 aromatic carbocycles. The highest BCUT2D eigenvalue weighted by Crippen LogP contribution is 2.37. The zero-order chi connectivity index (χ0) is 17.2. The normalized spacial score (nSPS) is 26.0. The lowest BCUT2D eigenvalue weighted by Crippen LogP contribution is -2.45. The summed E-state index contributed by atoms with van der Waals surface area (Å²) in [5.41, 5.74) is 0.853. The van der Waals surface area contributed by atoms with Gasteiger partial charge >= 0.3 is 5.97 Å². The van der Waals surface area contributed by atoms with E-state index >= 15 is 0 Å². The van der Waals surface area contributed by atoms with Crippen LogP contribution in [0.25, 0.3) is 0 Å². The van der Waals surface area contributed by atoms with E-state index in [1.54, 1.807) is 0 Å². The second kappa shape index (κ2) is 6.83. The van der Waals surface area contributed by atoms with Crippen molar-refractivity contribution in [3.8, 4) is 0 Å². The largest absolute Gasteiger partial charge is 0.480 e. The molecule has 1 aromatic rings. The molecule has 1 aliphatic heterocycles. The predicted molar refractivity (Wildman–Crippen MR) is 90.4 cm³/mol.